The molecule has 0 amide bonds. The fourth-order valence-electron chi connectivity index (χ4n) is 16.3. The van der Waals surface area contributed by atoms with Crippen LogP contribution in [0.25, 0.3) is 0 Å². The van der Waals surface area contributed by atoms with E-state index in [0.29, 0.717) is 0 Å². The van der Waals surface area contributed by atoms with E-state index in [-0.39, 0.29) is 0 Å². The molecule has 104 heavy (non-hydrogen) atoms. The molecule has 0 radical (unpaired) electrons. The summed E-state index contributed by atoms with van der Waals surface area (Å²) in [5, 5.41) is 0. The van der Waals surface area contributed by atoms with Gasteiger partial charge in [-0.15, -0.1) is 0 Å². The lowest BCUT2D eigenvalue weighted by molar-refractivity contribution is 0.443. The fraction of sp³-hybridized carbons (Fsp3) is 0.394. The van der Waals surface area contributed by atoms with Crippen molar-refractivity contribution in [3.63, 3.8) is 0 Å². The van der Waals surface area contributed by atoms with Crippen LogP contribution in [0.5, 0.6) is 0 Å². The van der Waals surface area contributed by atoms with Gasteiger partial charge < -0.3 is 24.5 Å². The minimum absolute atomic E-state index is 0.778. The normalized spacial score (nSPS) is 12.9. The Kier molecular flexibility index (Phi) is 28.2. The van der Waals surface area contributed by atoms with E-state index in [9.17, 15) is 0 Å². The first kappa shape index (κ1) is 80.9. The summed E-state index contributed by atoms with van der Waals surface area (Å²) in [5.41, 5.74) is 46.1. The van der Waals surface area contributed by atoms with E-state index in [2.05, 4.69) is 364 Å². The van der Waals surface area contributed by atoms with Gasteiger partial charge in [0.05, 0.1) is 0 Å². The highest BCUT2D eigenvalue weighted by Crippen LogP contribution is 2.42. The van der Waals surface area contributed by atoms with E-state index < -0.39 is 0 Å². The molecule has 0 N–H and O–H groups in total. The SMILES string of the molecule is Cc1c(C)c(C)c(N(C)c2ccc(C3CCCCC3)cc2)c(C)c1C.Cc1cc(C)c(N(C)c2ccc(C)c(C)c2)c(C)c1.Cc1cc(C)c(N(C)c2ccc(C3CCCCC3)cc2)c(C)c1.Cc1ccc(N(C)c2c(C)c(C)c(C)c(C)c2C)cc1C.Cc1ccc(N(C)c2ccccc2)cc1C. The van der Waals surface area contributed by atoms with Gasteiger partial charge in [-0.1, -0.05) is 135 Å². The molecule has 0 atom stereocenters. The second kappa shape index (κ2) is 36.3. The van der Waals surface area contributed by atoms with E-state index in [4.69, 9.17) is 0 Å². The third kappa shape index (κ3) is 19.4. The van der Waals surface area contributed by atoms with Crippen molar-refractivity contribution in [3.8, 4) is 0 Å². The van der Waals surface area contributed by atoms with Crippen molar-refractivity contribution in [2.75, 3.05) is 59.7 Å². The van der Waals surface area contributed by atoms with Gasteiger partial charge in [0.2, 0.25) is 0 Å². The maximum atomic E-state index is 2.37. The van der Waals surface area contributed by atoms with Gasteiger partial charge in [0.25, 0.3) is 0 Å². The Morgan fingerprint density at radius 3 is 0.740 bits per heavy atom. The first-order chi connectivity index (χ1) is 49.3. The summed E-state index contributed by atoms with van der Waals surface area (Å²) in [6.45, 7) is 48.5. The molecule has 0 aliphatic heterocycles. The van der Waals surface area contributed by atoms with Crippen molar-refractivity contribution in [2.24, 2.45) is 0 Å². The molecule has 5 heteroatoms. The molecule has 0 aromatic heterocycles. The molecule has 2 aliphatic rings. The summed E-state index contributed by atoms with van der Waals surface area (Å²) < 4.78 is 0. The predicted molar refractivity (Wildman–Crippen MR) is 461 cm³/mol. The third-order valence-electron chi connectivity index (χ3n) is 24.0. The Bertz CT molecular complexity index is 4430. The van der Waals surface area contributed by atoms with Crippen molar-refractivity contribution in [1.29, 1.82) is 0 Å². The van der Waals surface area contributed by atoms with Crippen LogP contribution in [-0.2, 0) is 0 Å². The fourth-order valence-corrected chi connectivity index (χ4v) is 16.3. The zero-order chi connectivity index (χ0) is 76.1. The van der Waals surface area contributed by atoms with Gasteiger partial charge >= 0.3 is 0 Å². The average Bonchev–Trinajstić information content (AvgIpc) is 0.782. The summed E-state index contributed by atoms with van der Waals surface area (Å²) in [6.07, 6.45) is 13.9. The number of anilines is 10. The van der Waals surface area contributed by atoms with Crippen LogP contribution in [0.4, 0.5) is 56.9 Å². The minimum Gasteiger partial charge on any atom is -0.345 e. The van der Waals surface area contributed by atoms with Crippen molar-refractivity contribution in [3.05, 3.63) is 291 Å². The first-order valence-corrected chi connectivity index (χ1v) is 38.8. The Morgan fingerprint density at radius 2 is 0.442 bits per heavy atom. The monoisotopic (exact) mass is 1390 g/mol. The lowest BCUT2D eigenvalue weighted by Crippen LogP contribution is -2.15. The zero-order valence-electron chi connectivity index (χ0n) is 69.5. The van der Waals surface area contributed by atoms with Gasteiger partial charge in [-0.3, -0.25) is 0 Å². The highest BCUT2D eigenvalue weighted by Gasteiger charge is 2.22. The number of hydrogen-bond donors (Lipinski definition) is 0. The summed E-state index contributed by atoms with van der Waals surface area (Å²) in [4.78, 5) is 11.5. The van der Waals surface area contributed by atoms with Gasteiger partial charge in [-0.25, -0.2) is 0 Å². The van der Waals surface area contributed by atoms with Gasteiger partial charge in [-0.2, -0.15) is 0 Å². The quantitative estimate of drug-likeness (QED) is 0.121. The van der Waals surface area contributed by atoms with Crippen LogP contribution in [-0.4, -0.2) is 35.2 Å². The molecule has 0 saturated heterocycles. The maximum Gasteiger partial charge on any atom is 0.0473 e. The summed E-state index contributed by atoms with van der Waals surface area (Å²) in [7, 11) is 10.8. The molecule has 0 spiro atoms. The summed E-state index contributed by atoms with van der Waals surface area (Å²) >= 11 is 0. The van der Waals surface area contributed by atoms with Crippen LogP contribution in [0.1, 0.15) is 210 Å². The molecule has 10 aromatic rings. The van der Waals surface area contributed by atoms with Gasteiger partial charge in [0, 0.05) is 92.1 Å². The molecule has 2 aliphatic carbocycles. The average molecular weight is 1390 g/mol. The van der Waals surface area contributed by atoms with Crippen LogP contribution in [0.2, 0.25) is 0 Å². The first-order valence-electron chi connectivity index (χ1n) is 38.8. The van der Waals surface area contributed by atoms with Crippen molar-refractivity contribution in [2.45, 2.75) is 228 Å². The smallest absolute Gasteiger partial charge is 0.0473 e. The minimum atomic E-state index is 0.778. The Labute approximate surface area is 632 Å². The lowest BCUT2D eigenvalue weighted by Gasteiger charge is -2.28. The van der Waals surface area contributed by atoms with Crippen molar-refractivity contribution < 1.29 is 0 Å². The lowest BCUT2D eigenvalue weighted by atomic mass is 9.84. The van der Waals surface area contributed by atoms with Gasteiger partial charge in [0.1, 0.15) is 0 Å². The van der Waals surface area contributed by atoms with Crippen LogP contribution in [0.15, 0.2) is 158 Å². The molecular weight excluding hydrogens is 1260 g/mol. The van der Waals surface area contributed by atoms with Crippen LogP contribution < -0.4 is 24.5 Å². The zero-order valence-corrected chi connectivity index (χ0v) is 69.5. The predicted octanol–water partition coefficient (Wildman–Crippen LogP) is 28.2. The number of hydrogen-bond acceptors (Lipinski definition) is 5. The summed E-state index contributed by atoms with van der Waals surface area (Å²) in [5.74, 6) is 1.56. The largest absolute Gasteiger partial charge is 0.345 e. The molecule has 10 aromatic carbocycles. The summed E-state index contributed by atoms with van der Waals surface area (Å²) in [6, 6.07) is 58.0. The van der Waals surface area contributed by atoms with E-state index in [0.717, 1.165) is 11.8 Å². The van der Waals surface area contributed by atoms with Crippen LogP contribution >= 0.6 is 0 Å². The molecule has 0 bridgehead atoms. The number of para-hydroxylation sites is 1. The molecule has 5 nitrogen and oxygen atoms in total. The van der Waals surface area contributed by atoms with Gasteiger partial charge in [-0.05, 0) is 385 Å². The van der Waals surface area contributed by atoms with Crippen molar-refractivity contribution >= 4 is 56.9 Å². The van der Waals surface area contributed by atoms with Crippen LogP contribution in [0, 0.1) is 152 Å². The molecule has 550 valence electrons. The van der Waals surface area contributed by atoms with E-state index >= 15 is 0 Å². The number of aryl methyl sites for hydroxylation is 12. The Hall–Kier alpha value is -8.80. The number of benzene rings is 10. The number of rotatable bonds is 12. The highest BCUT2D eigenvalue weighted by atomic mass is 15.1. The second-order valence-electron chi connectivity index (χ2n) is 31.2. The molecular formula is C99H129N5. The molecule has 0 unspecified atom stereocenters. The maximum absolute atomic E-state index is 2.37. The Balaban J connectivity index is 0.000000166. The third-order valence-corrected chi connectivity index (χ3v) is 24.0. The highest BCUT2D eigenvalue weighted by molar-refractivity contribution is 5.76. The molecule has 12 rings (SSSR count). The van der Waals surface area contributed by atoms with E-state index in [1.165, 1.54) is 255 Å². The van der Waals surface area contributed by atoms with Crippen molar-refractivity contribution in [1.82, 2.24) is 0 Å². The van der Waals surface area contributed by atoms with E-state index in [1.54, 1.807) is 0 Å². The number of nitrogens with zero attached hydrogens (tertiary/aromatic N) is 5. The molecule has 0 heterocycles. The van der Waals surface area contributed by atoms with Crippen LogP contribution in [0.3, 0.4) is 0 Å². The Morgan fingerprint density at radius 1 is 0.202 bits per heavy atom. The van der Waals surface area contributed by atoms with Gasteiger partial charge in [0.15, 0.2) is 0 Å². The van der Waals surface area contributed by atoms with E-state index in [1.807, 2.05) is 6.07 Å². The molecule has 2 fully saturated rings. The molecule has 2 saturated carbocycles. The topological polar surface area (TPSA) is 16.2 Å². The second-order valence-corrected chi connectivity index (χ2v) is 31.2. The standard InChI is InChI=1S/C24H33N.C22H29N.C20H27N.C18H23N.C15H17N/c1-16-17(2)19(4)24(20(5)18(16)3)25(6)23-14-12-22(13-15-23)21-10-8-7-9-11-21;1-16-14-17(2)22(18(3)15-16)23(4)21-12-10-20(11-13-21)19-8-6-5-7-9-19;1-12-9-10-19(11-13(12)2)21(8)20-17(6)15(4)14(3)16(5)18(20)7;1-12-9-15(4)18(16(5)10-12)19(6)17-8-7-13(2)14(3)11-17;1-12-9-10-15(11-13(12)2)16(3)14-7-5-4-6-8-14/h12-15,21H,7-11H2,1-6H3;10-15,19H,5-9H2,1-4H3;9-11H,1-8H3;7-11H,1-6H3;4-11H,1-3H3.